The lowest BCUT2D eigenvalue weighted by molar-refractivity contribution is -0.119. The molecule has 1 unspecified atom stereocenters. The number of carbonyl (C=O) groups excluding carboxylic acids is 1. The van der Waals surface area contributed by atoms with Gasteiger partial charge in [-0.05, 0) is 34.5 Å². The second-order valence-electron chi connectivity index (χ2n) is 5.41. The van der Waals surface area contributed by atoms with Gasteiger partial charge in [-0.15, -0.1) is 11.6 Å². The van der Waals surface area contributed by atoms with E-state index in [0.717, 1.165) is 20.8 Å². The summed E-state index contributed by atoms with van der Waals surface area (Å²) in [6.07, 6.45) is 0. The maximum atomic E-state index is 11.9. The second-order valence-corrected chi connectivity index (χ2v) is 6.59. The van der Waals surface area contributed by atoms with E-state index in [1.165, 1.54) is 0 Å². The maximum absolute atomic E-state index is 11.9. The van der Waals surface area contributed by atoms with Crippen molar-refractivity contribution in [3.8, 4) is 5.75 Å². The molecule has 3 nitrogen and oxygen atoms in total. The summed E-state index contributed by atoms with van der Waals surface area (Å²) in [5, 5.41) is 15.3. The Hall–Kier alpha value is -2.04. The van der Waals surface area contributed by atoms with Crippen LogP contribution >= 0.6 is 27.5 Å². The number of fused-ring (bicyclic) bond motifs is 1. The Labute approximate surface area is 153 Å². The molecule has 0 bridgehead atoms. The molecular formula is C19H15BrClNO2. The van der Waals surface area contributed by atoms with Crippen molar-refractivity contribution in [2.24, 2.45) is 0 Å². The lowest BCUT2D eigenvalue weighted by atomic mass is 9.92. The van der Waals surface area contributed by atoms with Crippen LogP contribution in [0.5, 0.6) is 5.75 Å². The molecular weight excluding hydrogens is 390 g/mol. The van der Waals surface area contributed by atoms with Crippen molar-refractivity contribution in [2.45, 2.75) is 6.04 Å². The van der Waals surface area contributed by atoms with Crippen molar-refractivity contribution >= 4 is 44.2 Å². The number of benzene rings is 3. The molecule has 0 aliphatic carbocycles. The third-order valence-corrected chi connectivity index (χ3v) is 4.64. The number of alkyl halides is 1. The number of halogens is 2. The molecule has 24 heavy (non-hydrogen) atoms. The lowest BCUT2D eigenvalue weighted by Gasteiger charge is -2.22. The van der Waals surface area contributed by atoms with Gasteiger partial charge in [-0.1, -0.05) is 58.4 Å². The van der Waals surface area contributed by atoms with Crippen LogP contribution in [-0.4, -0.2) is 16.9 Å². The van der Waals surface area contributed by atoms with Gasteiger partial charge >= 0.3 is 0 Å². The van der Waals surface area contributed by atoms with E-state index in [-0.39, 0.29) is 17.5 Å². The quantitative estimate of drug-likeness (QED) is 0.616. The average molecular weight is 405 g/mol. The number of hydrogen-bond acceptors (Lipinski definition) is 2. The molecule has 122 valence electrons. The molecule has 0 aromatic heterocycles. The highest BCUT2D eigenvalue weighted by atomic mass is 79.9. The lowest BCUT2D eigenvalue weighted by Crippen LogP contribution is -2.30. The SMILES string of the molecule is O=C(CCl)NC(c1ccc(Br)cc1)c1c(O)ccc2ccccc12. The van der Waals surface area contributed by atoms with Crippen molar-refractivity contribution in [3.63, 3.8) is 0 Å². The maximum Gasteiger partial charge on any atom is 0.235 e. The van der Waals surface area contributed by atoms with Gasteiger partial charge in [0.2, 0.25) is 5.91 Å². The van der Waals surface area contributed by atoms with Gasteiger partial charge in [0.05, 0.1) is 6.04 Å². The highest BCUT2D eigenvalue weighted by Crippen LogP contribution is 2.36. The highest BCUT2D eigenvalue weighted by molar-refractivity contribution is 9.10. The first-order valence-corrected chi connectivity index (χ1v) is 8.74. The number of nitrogens with one attached hydrogen (secondary N) is 1. The van der Waals surface area contributed by atoms with Gasteiger partial charge in [-0.25, -0.2) is 0 Å². The van der Waals surface area contributed by atoms with E-state index in [9.17, 15) is 9.90 Å². The predicted octanol–water partition coefficient (Wildman–Crippen LogP) is 4.75. The Morgan fingerprint density at radius 1 is 1.08 bits per heavy atom. The molecule has 1 atom stereocenters. The van der Waals surface area contributed by atoms with Gasteiger partial charge in [0, 0.05) is 10.0 Å². The molecule has 3 aromatic rings. The second kappa shape index (κ2) is 7.24. The molecule has 0 spiro atoms. The Morgan fingerprint density at radius 2 is 1.79 bits per heavy atom. The highest BCUT2D eigenvalue weighted by Gasteiger charge is 2.22. The Kier molecular flexibility index (Phi) is 5.07. The van der Waals surface area contributed by atoms with Crippen LogP contribution in [-0.2, 0) is 4.79 Å². The van der Waals surface area contributed by atoms with Crippen LogP contribution in [0, 0.1) is 0 Å². The number of aromatic hydroxyl groups is 1. The number of phenols is 1. The number of hydrogen-bond donors (Lipinski definition) is 2. The first-order chi connectivity index (χ1) is 11.6. The van der Waals surface area contributed by atoms with Gasteiger partial charge in [-0.2, -0.15) is 0 Å². The van der Waals surface area contributed by atoms with E-state index >= 15 is 0 Å². The number of rotatable bonds is 4. The van der Waals surface area contributed by atoms with Gasteiger partial charge < -0.3 is 10.4 Å². The first-order valence-electron chi connectivity index (χ1n) is 7.41. The van der Waals surface area contributed by atoms with Crippen molar-refractivity contribution in [1.82, 2.24) is 5.32 Å². The largest absolute Gasteiger partial charge is 0.508 e. The van der Waals surface area contributed by atoms with E-state index in [1.54, 1.807) is 6.07 Å². The van der Waals surface area contributed by atoms with Crippen LogP contribution in [0.15, 0.2) is 65.1 Å². The van der Waals surface area contributed by atoms with Crippen LogP contribution < -0.4 is 5.32 Å². The summed E-state index contributed by atoms with van der Waals surface area (Å²) in [6.45, 7) is 0. The predicted molar refractivity (Wildman–Crippen MR) is 100 cm³/mol. The summed E-state index contributed by atoms with van der Waals surface area (Å²) >= 11 is 9.08. The van der Waals surface area contributed by atoms with Crippen molar-refractivity contribution < 1.29 is 9.90 Å². The normalized spacial score (nSPS) is 12.1. The van der Waals surface area contributed by atoms with E-state index in [4.69, 9.17) is 11.6 Å². The molecule has 0 aliphatic heterocycles. The number of phenolic OH excluding ortho intramolecular Hbond substituents is 1. The first kappa shape index (κ1) is 16.8. The Bertz CT molecular complexity index is 880. The molecule has 3 aromatic carbocycles. The van der Waals surface area contributed by atoms with Crippen molar-refractivity contribution in [2.75, 3.05) is 5.88 Å². The van der Waals surface area contributed by atoms with E-state index in [2.05, 4.69) is 21.2 Å². The molecule has 3 rings (SSSR count). The zero-order valence-electron chi connectivity index (χ0n) is 12.7. The monoisotopic (exact) mass is 403 g/mol. The molecule has 1 amide bonds. The summed E-state index contributed by atoms with van der Waals surface area (Å²) in [4.78, 5) is 11.9. The van der Waals surface area contributed by atoms with Crippen LogP contribution in [0.1, 0.15) is 17.2 Å². The number of carbonyl (C=O) groups is 1. The fourth-order valence-electron chi connectivity index (χ4n) is 2.76. The molecule has 0 saturated heterocycles. The average Bonchev–Trinajstić information content (AvgIpc) is 2.61. The van der Waals surface area contributed by atoms with Crippen LogP contribution in [0.2, 0.25) is 0 Å². The van der Waals surface area contributed by atoms with Gasteiger partial charge in [-0.3, -0.25) is 4.79 Å². The number of amides is 1. The third-order valence-electron chi connectivity index (χ3n) is 3.87. The minimum absolute atomic E-state index is 0.136. The van der Waals surface area contributed by atoms with E-state index in [1.807, 2.05) is 54.6 Å². The molecule has 2 N–H and O–H groups in total. The zero-order valence-corrected chi connectivity index (χ0v) is 15.0. The summed E-state index contributed by atoms with van der Waals surface area (Å²) in [6, 6.07) is 18.4. The summed E-state index contributed by atoms with van der Waals surface area (Å²) in [7, 11) is 0. The van der Waals surface area contributed by atoms with E-state index < -0.39 is 6.04 Å². The van der Waals surface area contributed by atoms with E-state index in [0.29, 0.717) is 5.56 Å². The summed E-state index contributed by atoms with van der Waals surface area (Å²) in [5.74, 6) is -0.299. The van der Waals surface area contributed by atoms with Gasteiger partial charge in [0.25, 0.3) is 0 Å². The molecule has 0 aliphatic rings. The van der Waals surface area contributed by atoms with Gasteiger partial charge in [0.1, 0.15) is 11.6 Å². The Morgan fingerprint density at radius 3 is 2.50 bits per heavy atom. The zero-order chi connectivity index (χ0) is 17.1. The molecule has 5 heteroatoms. The summed E-state index contributed by atoms with van der Waals surface area (Å²) in [5.41, 5.74) is 1.53. The van der Waals surface area contributed by atoms with Crippen LogP contribution in [0.4, 0.5) is 0 Å². The van der Waals surface area contributed by atoms with Gasteiger partial charge in [0.15, 0.2) is 0 Å². The fourth-order valence-corrected chi connectivity index (χ4v) is 3.11. The smallest absolute Gasteiger partial charge is 0.235 e. The topological polar surface area (TPSA) is 49.3 Å². The minimum atomic E-state index is -0.490. The van der Waals surface area contributed by atoms with Crippen LogP contribution in [0.25, 0.3) is 10.8 Å². The molecule has 0 saturated carbocycles. The third kappa shape index (κ3) is 3.40. The van der Waals surface area contributed by atoms with Crippen molar-refractivity contribution in [3.05, 3.63) is 76.3 Å². The van der Waals surface area contributed by atoms with Crippen LogP contribution in [0.3, 0.4) is 0 Å². The fraction of sp³-hybridized carbons (Fsp3) is 0.105. The summed E-state index contributed by atoms with van der Waals surface area (Å²) < 4.78 is 0.941. The molecule has 0 radical (unpaired) electrons. The standard InChI is InChI=1S/C19H15BrClNO2/c20-14-8-5-13(6-9-14)19(22-17(24)11-21)18-15-4-2-1-3-12(15)7-10-16(18)23/h1-10,19,23H,11H2,(H,22,24). The minimum Gasteiger partial charge on any atom is -0.508 e. The molecule has 0 heterocycles. The Balaban J connectivity index is 2.20. The molecule has 0 fully saturated rings. The van der Waals surface area contributed by atoms with Crippen molar-refractivity contribution in [1.29, 1.82) is 0 Å².